The maximum Gasteiger partial charge on any atom is 0.338 e. The van der Waals surface area contributed by atoms with Crippen LogP contribution in [0.15, 0.2) is 41.6 Å². The van der Waals surface area contributed by atoms with Gasteiger partial charge in [-0.1, -0.05) is 0 Å². The Morgan fingerprint density at radius 2 is 1.79 bits per heavy atom. The summed E-state index contributed by atoms with van der Waals surface area (Å²) in [5, 5.41) is 13.9. The first-order valence-electron chi connectivity index (χ1n) is 10.7. The van der Waals surface area contributed by atoms with Gasteiger partial charge in [-0.05, 0) is 55.9 Å². The summed E-state index contributed by atoms with van der Waals surface area (Å²) >= 11 is 5.71. The number of anilines is 1. The Morgan fingerprint density at radius 3 is 2.41 bits per heavy atom. The molecule has 0 saturated heterocycles. The molecule has 180 valence electrons. The number of hydrogen-bond donors (Lipinski definition) is 2. The van der Waals surface area contributed by atoms with Crippen molar-refractivity contribution in [3.8, 4) is 28.7 Å². The first kappa shape index (κ1) is 23.5. The van der Waals surface area contributed by atoms with Crippen LogP contribution in [0.25, 0.3) is 0 Å². The molecule has 0 amide bonds. The fourth-order valence-electron chi connectivity index (χ4n) is 4.03. The number of aromatic hydroxyl groups is 1. The van der Waals surface area contributed by atoms with Crippen molar-refractivity contribution >= 4 is 29.0 Å². The fraction of sp³-hybridized carbons (Fsp3) is 0.333. The fourth-order valence-corrected chi connectivity index (χ4v) is 4.39. The molecule has 0 spiro atoms. The number of hydrogen-bond acceptors (Lipinski definition) is 8. The van der Waals surface area contributed by atoms with Crippen LogP contribution < -0.4 is 29.2 Å². The molecule has 1 atom stereocenters. The third kappa shape index (κ3) is 4.16. The molecule has 34 heavy (non-hydrogen) atoms. The zero-order valence-electron chi connectivity index (χ0n) is 19.3. The van der Waals surface area contributed by atoms with E-state index in [1.807, 2.05) is 18.2 Å². The highest BCUT2D eigenvalue weighted by Crippen LogP contribution is 2.43. The summed E-state index contributed by atoms with van der Waals surface area (Å²) in [6.07, 6.45) is 0. The molecule has 0 saturated carbocycles. The standard InChI is InChI=1S/C24H26N2O7S/c1-5-31-23(28)20-13(2)26(15-6-7-16-17(12-15)33-9-8-32-16)24(34)25-21(20)14-10-18(29-3)22(27)19(11-14)30-4/h6-7,10-12,21,27H,5,8-9H2,1-4H3,(H,25,34)/t21-/m0/s1. The van der Waals surface area contributed by atoms with Crippen molar-refractivity contribution in [2.24, 2.45) is 0 Å². The SMILES string of the molecule is CCOC(=O)C1=C(C)N(c2ccc3c(c2)OCCO3)C(=S)N[C@H]1c1cc(OC)c(O)c(OC)c1. The average Bonchev–Trinajstić information content (AvgIpc) is 2.83. The van der Waals surface area contributed by atoms with E-state index in [4.69, 9.17) is 35.9 Å². The summed E-state index contributed by atoms with van der Waals surface area (Å²) in [6.45, 7) is 4.70. The number of thiocarbonyl (C=S) groups is 1. The van der Waals surface area contributed by atoms with Crippen LogP contribution in [0.2, 0.25) is 0 Å². The molecule has 0 unspecified atom stereocenters. The van der Waals surface area contributed by atoms with Crippen LogP contribution in [-0.2, 0) is 9.53 Å². The van der Waals surface area contributed by atoms with Gasteiger partial charge in [-0.25, -0.2) is 4.79 Å². The molecule has 0 radical (unpaired) electrons. The molecule has 0 aromatic heterocycles. The Bertz CT molecular complexity index is 1140. The van der Waals surface area contributed by atoms with Crippen molar-refractivity contribution in [2.45, 2.75) is 19.9 Å². The predicted molar refractivity (Wildman–Crippen MR) is 129 cm³/mol. The molecular formula is C24H26N2O7S. The van der Waals surface area contributed by atoms with Gasteiger partial charge in [0, 0.05) is 11.8 Å². The van der Waals surface area contributed by atoms with Gasteiger partial charge < -0.3 is 34.1 Å². The minimum atomic E-state index is -0.664. The van der Waals surface area contributed by atoms with Crippen LogP contribution >= 0.6 is 12.2 Å². The number of nitrogens with one attached hydrogen (secondary N) is 1. The number of esters is 1. The average molecular weight is 487 g/mol. The van der Waals surface area contributed by atoms with Crippen molar-refractivity contribution in [3.63, 3.8) is 0 Å². The van der Waals surface area contributed by atoms with E-state index in [9.17, 15) is 9.90 Å². The molecule has 0 bridgehead atoms. The number of allylic oxidation sites excluding steroid dienone is 1. The molecule has 0 fully saturated rings. The van der Waals surface area contributed by atoms with Crippen LogP contribution in [0.4, 0.5) is 5.69 Å². The summed E-state index contributed by atoms with van der Waals surface area (Å²) in [7, 11) is 2.88. The highest BCUT2D eigenvalue weighted by molar-refractivity contribution is 7.80. The maximum atomic E-state index is 13.1. The highest BCUT2D eigenvalue weighted by atomic mass is 32.1. The lowest BCUT2D eigenvalue weighted by Crippen LogP contribution is -2.48. The molecule has 4 rings (SSSR count). The number of methoxy groups -OCH3 is 2. The first-order chi connectivity index (χ1) is 16.4. The van der Waals surface area contributed by atoms with E-state index in [0.29, 0.717) is 52.3 Å². The second-order valence-corrected chi connectivity index (χ2v) is 7.93. The molecule has 0 aliphatic carbocycles. The quantitative estimate of drug-likeness (QED) is 0.467. The Kier molecular flexibility index (Phi) is 6.69. The van der Waals surface area contributed by atoms with Gasteiger partial charge in [-0.2, -0.15) is 0 Å². The van der Waals surface area contributed by atoms with Gasteiger partial charge in [0.25, 0.3) is 0 Å². The lowest BCUT2D eigenvalue weighted by Gasteiger charge is -2.38. The van der Waals surface area contributed by atoms with Gasteiger partial charge in [0.15, 0.2) is 28.1 Å². The van der Waals surface area contributed by atoms with Gasteiger partial charge in [0.1, 0.15) is 13.2 Å². The Balaban J connectivity index is 1.84. The van der Waals surface area contributed by atoms with E-state index in [1.165, 1.54) is 14.2 Å². The summed E-state index contributed by atoms with van der Waals surface area (Å²) < 4.78 is 27.3. The monoisotopic (exact) mass is 486 g/mol. The third-order valence-electron chi connectivity index (χ3n) is 5.60. The van der Waals surface area contributed by atoms with Gasteiger partial charge in [-0.3, -0.25) is 4.90 Å². The summed E-state index contributed by atoms with van der Waals surface area (Å²) in [5.74, 6) is 1.04. The molecule has 2 aliphatic heterocycles. The molecule has 10 heteroatoms. The number of phenolic OH excluding ortho intramolecular Hbond substituents is 1. The predicted octanol–water partition coefficient (Wildman–Crippen LogP) is 3.45. The van der Waals surface area contributed by atoms with E-state index < -0.39 is 12.0 Å². The van der Waals surface area contributed by atoms with Crippen LogP contribution in [0.3, 0.4) is 0 Å². The zero-order valence-corrected chi connectivity index (χ0v) is 20.2. The largest absolute Gasteiger partial charge is 0.502 e. The number of carbonyl (C=O) groups excluding carboxylic acids is 1. The molecule has 2 N–H and O–H groups in total. The van der Waals surface area contributed by atoms with Gasteiger partial charge in [0.2, 0.25) is 5.75 Å². The Morgan fingerprint density at radius 1 is 1.15 bits per heavy atom. The van der Waals surface area contributed by atoms with Crippen LogP contribution in [0.5, 0.6) is 28.7 Å². The Hall–Kier alpha value is -3.66. The van der Waals surface area contributed by atoms with E-state index >= 15 is 0 Å². The Labute approximate surface area is 202 Å². The number of ether oxygens (including phenoxy) is 5. The van der Waals surface area contributed by atoms with Crippen LogP contribution in [-0.4, -0.2) is 50.2 Å². The number of nitrogens with zero attached hydrogens (tertiary/aromatic N) is 1. The van der Waals surface area contributed by atoms with Gasteiger partial charge in [-0.15, -0.1) is 0 Å². The smallest absolute Gasteiger partial charge is 0.338 e. The van der Waals surface area contributed by atoms with Gasteiger partial charge in [0.05, 0.1) is 38.1 Å². The number of carbonyl (C=O) groups is 1. The van der Waals surface area contributed by atoms with Gasteiger partial charge >= 0.3 is 5.97 Å². The lowest BCUT2D eigenvalue weighted by atomic mass is 9.94. The topological polar surface area (TPSA) is 98.7 Å². The molecule has 2 aliphatic rings. The lowest BCUT2D eigenvalue weighted by molar-refractivity contribution is -0.139. The second-order valence-electron chi connectivity index (χ2n) is 7.54. The zero-order chi connectivity index (χ0) is 24.4. The molecule has 2 aromatic rings. The minimum absolute atomic E-state index is 0.136. The molecule has 2 heterocycles. The molecular weight excluding hydrogens is 460 g/mol. The van der Waals surface area contributed by atoms with E-state index in [0.717, 1.165) is 0 Å². The van der Waals surface area contributed by atoms with Crippen molar-refractivity contribution in [2.75, 3.05) is 38.9 Å². The highest BCUT2D eigenvalue weighted by Gasteiger charge is 2.36. The van der Waals surface area contributed by atoms with Crippen LogP contribution in [0.1, 0.15) is 25.5 Å². The minimum Gasteiger partial charge on any atom is -0.502 e. The van der Waals surface area contributed by atoms with Crippen molar-refractivity contribution < 1.29 is 33.6 Å². The summed E-state index contributed by atoms with van der Waals surface area (Å²) in [6, 6.07) is 8.08. The summed E-state index contributed by atoms with van der Waals surface area (Å²) in [5.41, 5.74) is 2.27. The third-order valence-corrected chi connectivity index (χ3v) is 5.90. The number of fused-ring (bicyclic) bond motifs is 1. The van der Waals surface area contributed by atoms with Crippen LogP contribution in [0, 0.1) is 0 Å². The molecule has 9 nitrogen and oxygen atoms in total. The van der Waals surface area contributed by atoms with Crippen molar-refractivity contribution in [1.29, 1.82) is 0 Å². The number of rotatable bonds is 6. The van der Waals surface area contributed by atoms with E-state index in [2.05, 4.69) is 5.32 Å². The number of benzene rings is 2. The normalized spacial score (nSPS) is 17.2. The second kappa shape index (κ2) is 9.68. The maximum absolute atomic E-state index is 13.1. The van der Waals surface area contributed by atoms with E-state index in [1.54, 1.807) is 30.9 Å². The van der Waals surface area contributed by atoms with Crippen molar-refractivity contribution in [1.82, 2.24) is 5.32 Å². The van der Waals surface area contributed by atoms with Crippen molar-refractivity contribution in [3.05, 3.63) is 47.2 Å². The van der Waals surface area contributed by atoms with E-state index in [-0.39, 0.29) is 23.9 Å². The molecule has 2 aromatic carbocycles. The number of phenols is 1. The summed E-state index contributed by atoms with van der Waals surface area (Å²) in [4.78, 5) is 14.9. The first-order valence-corrected chi connectivity index (χ1v) is 11.1.